The van der Waals surface area contributed by atoms with Crippen molar-refractivity contribution in [2.45, 2.75) is 0 Å². The van der Waals surface area contributed by atoms with E-state index in [4.69, 9.17) is 4.74 Å². The minimum absolute atomic E-state index is 0.0197. The molecule has 0 radical (unpaired) electrons. The molecule has 0 unspecified atom stereocenters. The maximum absolute atomic E-state index is 11.4. The average Bonchev–Trinajstić information content (AvgIpc) is 2.58. The number of rotatable bonds is 3. The van der Waals surface area contributed by atoms with Crippen molar-refractivity contribution in [3.8, 4) is 0 Å². The Labute approximate surface area is 104 Å². The smallest absolute Gasteiger partial charge is 0.323 e. The standard InChI is InChI=1S/C10H10BrN3O3/c1-17-4-9(15)12-6-3-8-7(2-5(6)11)13-10(16)14-8/h2-3H,4H2,1H3,(H,12,15)(H2,13,14,16). The van der Waals surface area contributed by atoms with Crippen LogP contribution in [0.2, 0.25) is 0 Å². The Bertz CT molecular complexity index is 617. The summed E-state index contributed by atoms with van der Waals surface area (Å²) in [5, 5.41) is 2.67. The van der Waals surface area contributed by atoms with Crippen LogP contribution in [0.25, 0.3) is 11.0 Å². The molecule has 0 aliphatic rings. The number of hydrogen-bond donors (Lipinski definition) is 3. The summed E-state index contributed by atoms with van der Waals surface area (Å²) in [7, 11) is 1.45. The summed E-state index contributed by atoms with van der Waals surface area (Å²) in [5.74, 6) is -0.259. The van der Waals surface area contributed by atoms with Crippen LogP contribution in [0.4, 0.5) is 5.69 Å². The van der Waals surface area contributed by atoms with Gasteiger partial charge in [-0.05, 0) is 28.1 Å². The second kappa shape index (κ2) is 4.72. The predicted molar refractivity (Wildman–Crippen MR) is 67.1 cm³/mol. The molecule has 0 fully saturated rings. The number of methoxy groups -OCH3 is 1. The first-order chi connectivity index (χ1) is 8.10. The van der Waals surface area contributed by atoms with Crippen molar-refractivity contribution < 1.29 is 9.53 Å². The molecule has 0 saturated carbocycles. The Morgan fingerprint density at radius 3 is 2.71 bits per heavy atom. The third-order valence-electron chi connectivity index (χ3n) is 2.15. The second-order valence-electron chi connectivity index (χ2n) is 3.44. The number of aromatic nitrogens is 2. The summed E-state index contributed by atoms with van der Waals surface area (Å²) >= 11 is 3.31. The minimum atomic E-state index is -0.285. The van der Waals surface area contributed by atoms with Crippen LogP contribution in [0.1, 0.15) is 0 Å². The molecule has 1 amide bonds. The lowest BCUT2D eigenvalue weighted by atomic mass is 10.2. The number of anilines is 1. The molecule has 2 aromatic rings. The number of carbonyl (C=O) groups excluding carboxylic acids is 1. The van der Waals surface area contributed by atoms with Gasteiger partial charge in [-0.3, -0.25) is 4.79 Å². The predicted octanol–water partition coefficient (Wildman–Crippen LogP) is 1.20. The SMILES string of the molecule is COCC(=O)Nc1cc2[nH]c(=O)[nH]c2cc1Br. The van der Waals surface area contributed by atoms with Crippen molar-refractivity contribution in [2.75, 3.05) is 19.0 Å². The lowest BCUT2D eigenvalue weighted by Crippen LogP contribution is -2.17. The Kier molecular flexibility index (Phi) is 3.30. The minimum Gasteiger partial charge on any atom is -0.375 e. The molecule has 3 N–H and O–H groups in total. The molecular weight excluding hydrogens is 290 g/mol. The number of imidazole rings is 1. The van der Waals surface area contributed by atoms with Gasteiger partial charge in [0.05, 0.1) is 16.7 Å². The first-order valence-electron chi connectivity index (χ1n) is 4.80. The Morgan fingerprint density at radius 1 is 1.41 bits per heavy atom. The topological polar surface area (TPSA) is 87.0 Å². The van der Waals surface area contributed by atoms with E-state index in [1.54, 1.807) is 12.1 Å². The van der Waals surface area contributed by atoms with Crippen LogP contribution in [-0.2, 0) is 9.53 Å². The van der Waals surface area contributed by atoms with E-state index in [2.05, 4.69) is 31.2 Å². The van der Waals surface area contributed by atoms with Crippen molar-refractivity contribution in [1.82, 2.24) is 9.97 Å². The van der Waals surface area contributed by atoms with Gasteiger partial charge in [0.25, 0.3) is 0 Å². The number of amides is 1. The quantitative estimate of drug-likeness (QED) is 0.796. The number of benzene rings is 1. The highest BCUT2D eigenvalue weighted by molar-refractivity contribution is 9.10. The molecule has 17 heavy (non-hydrogen) atoms. The average molecular weight is 300 g/mol. The van der Waals surface area contributed by atoms with Crippen molar-refractivity contribution in [1.29, 1.82) is 0 Å². The first kappa shape index (κ1) is 11.9. The zero-order chi connectivity index (χ0) is 12.4. The fourth-order valence-electron chi connectivity index (χ4n) is 1.47. The van der Waals surface area contributed by atoms with Gasteiger partial charge in [0.2, 0.25) is 5.91 Å². The van der Waals surface area contributed by atoms with Crippen LogP contribution < -0.4 is 11.0 Å². The van der Waals surface area contributed by atoms with E-state index in [-0.39, 0.29) is 18.2 Å². The molecule has 0 aliphatic carbocycles. The Balaban J connectivity index is 2.36. The zero-order valence-corrected chi connectivity index (χ0v) is 10.6. The number of fused-ring (bicyclic) bond motifs is 1. The molecule has 0 bridgehead atoms. The van der Waals surface area contributed by atoms with Gasteiger partial charge in [-0.2, -0.15) is 0 Å². The molecule has 1 aromatic heterocycles. The van der Waals surface area contributed by atoms with Gasteiger partial charge >= 0.3 is 5.69 Å². The zero-order valence-electron chi connectivity index (χ0n) is 8.96. The second-order valence-corrected chi connectivity index (χ2v) is 4.29. The summed E-state index contributed by atoms with van der Waals surface area (Å²) < 4.78 is 5.40. The van der Waals surface area contributed by atoms with Crippen molar-refractivity contribution in [3.05, 3.63) is 27.1 Å². The molecule has 0 saturated heterocycles. The highest BCUT2D eigenvalue weighted by Crippen LogP contribution is 2.26. The lowest BCUT2D eigenvalue weighted by Gasteiger charge is -2.06. The number of nitrogens with one attached hydrogen (secondary N) is 3. The molecule has 2 rings (SSSR count). The van der Waals surface area contributed by atoms with E-state index in [9.17, 15) is 9.59 Å². The van der Waals surface area contributed by atoms with E-state index < -0.39 is 0 Å². The molecule has 7 heteroatoms. The highest BCUT2D eigenvalue weighted by Gasteiger charge is 2.08. The summed E-state index contributed by atoms with van der Waals surface area (Å²) in [6.45, 7) is -0.0197. The number of aromatic amines is 2. The monoisotopic (exact) mass is 299 g/mol. The number of hydrogen-bond acceptors (Lipinski definition) is 3. The normalized spacial score (nSPS) is 10.7. The van der Waals surface area contributed by atoms with Crippen LogP contribution in [0.3, 0.4) is 0 Å². The van der Waals surface area contributed by atoms with E-state index in [1.807, 2.05) is 0 Å². The van der Waals surface area contributed by atoms with E-state index in [1.165, 1.54) is 7.11 Å². The molecule has 1 heterocycles. The molecule has 0 spiro atoms. The van der Waals surface area contributed by atoms with Crippen molar-refractivity contribution in [3.63, 3.8) is 0 Å². The molecule has 90 valence electrons. The number of halogens is 1. The van der Waals surface area contributed by atoms with E-state index in [0.29, 0.717) is 21.2 Å². The third kappa shape index (κ3) is 2.56. The summed E-state index contributed by atoms with van der Waals surface area (Å²) in [6, 6.07) is 3.39. The van der Waals surface area contributed by atoms with E-state index in [0.717, 1.165) is 0 Å². The lowest BCUT2D eigenvalue weighted by molar-refractivity contribution is -0.119. The Morgan fingerprint density at radius 2 is 2.06 bits per heavy atom. The molecule has 0 aliphatic heterocycles. The highest BCUT2D eigenvalue weighted by atomic mass is 79.9. The third-order valence-corrected chi connectivity index (χ3v) is 2.81. The van der Waals surface area contributed by atoms with Crippen LogP contribution in [-0.4, -0.2) is 29.6 Å². The summed E-state index contributed by atoms with van der Waals surface area (Å²) in [6.07, 6.45) is 0. The van der Waals surface area contributed by atoms with Crippen molar-refractivity contribution in [2.24, 2.45) is 0 Å². The fraction of sp³-hybridized carbons (Fsp3) is 0.200. The van der Waals surface area contributed by atoms with Gasteiger partial charge in [-0.25, -0.2) is 4.79 Å². The molecule has 0 atom stereocenters. The maximum atomic E-state index is 11.4. The fourth-order valence-corrected chi connectivity index (χ4v) is 1.91. The molecule has 1 aromatic carbocycles. The van der Waals surface area contributed by atoms with Crippen LogP contribution >= 0.6 is 15.9 Å². The number of H-pyrrole nitrogens is 2. The molecular formula is C10H10BrN3O3. The van der Waals surface area contributed by atoms with E-state index >= 15 is 0 Å². The van der Waals surface area contributed by atoms with Crippen LogP contribution in [0.15, 0.2) is 21.4 Å². The van der Waals surface area contributed by atoms with Crippen LogP contribution in [0.5, 0.6) is 0 Å². The first-order valence-corrected chi connectivity index (χ1v) is 5.60. The molecule has 6 nitrogen and oxygen atoms in total. The summed E-state index contributed by atoms with van der Waals surface area (Å²) in [4.78, 5) is 27.7. The van der Waals surface area contributed by atoms with Gasteiger partial charge < -0.3 is 20.0 Å². The Hall–Kier alpha value is -1.60. The van der Waals surface area contributed by atoms with Crippen molar-refractivity contribution >= 4 is 38.6 Å². The number of ether oxygens (including phenoxy) is 1. The van der Waals surface area contributed by atoms with Gasteiger partial charge in [0.1, 0.15) is 6.61 Å². The number of carbonyl (C=O) groups is 1. The largest absolute Gasteiger partial charge is 0.375 e. The van der Waals surface area contributed by atoms with Gasteiger partial charge in [-0.1, -0.05) is 0 Å². The van der Waals surface area contributed by atoms with Crippen LogP contribution in [0, 0.1) is 0 Å². The summed E-state index contributed by atoms with van der Waals surface area (Å²) in [5.41, 5.74) is 1.60. The maximum Gasteiger partial charge on any atom is 0.323 e. The van der Waals surface area contributed by atoms with Gasteiger partial charge in [0.15, 0.2) is 0 Å². The van der Waals surface area contributed by atoms with Gasteiger partial charge in [-0.15, -0.1) is 0 Å². The van der Waals surface area contributed by atoms with Gasteiger partial charge in [0, 0.05) is 11.6 Å².